The molecule has 4 nitrogen and oxygen atoms in total. The average molecular weight is 336 g/mol. The van der Waals surface area contributed by atoms with Gasteiger partial charge in [-0.05, 0) is 42.5 Å². The number of rotatable bonds is 5. The number of benzene rings is 1. The molecule has 0 saturated heterocycles. The molecule has 130 valence electrons. The van der Waals surface area contributed by atoms with Crippen LogP contribution in [0.3, 0.4) is 0 Å². The Labute approximate surface area is 148 Å². The molecular formula is C21H24N2O2. The summed E-state index contributed by atoms with van der Waals surface area (Å²) in [5.74, 6) is 0.219. The number of nitrogens with one attached hydrogen (secondary N) is 1. The van der Waals surface area contributed by atoms with Crippen molar-refractivity contribution < 1.29 is 9.59 Å². The van der Waals surface area contributed by atoms with E-state index in [0.29, 0.717) is 18.5 Å². The van der Waals surface area contributed by atoms with E-state index in [1.807, 2.05) is 31.3 Å². The minimum absolute atomic E-state index is 0.0424. The van der Waals surface area contributed by atoms with Crippen molar-refractivity contribution in [3.05, 3.63) is 59.4 Å². The number of Topliss-reactive ketones (excluding diaryl/α,β-unsaturated/α-hetero) is 1. The van der Waals surface area contributed by atoms with Crippen LogP contribution in [-0.4, -0.2) is 23.2 Å². The van der Waals surface area contributed by atoms with Crippen LogP contribution in [0.5, 0.6) is 0 Å². The van der Waals surface area contributed by atoms with E-state index in [9.17, 15) is 9.59 Å². The van der Waals surface area contributed by atoms with Crippen LogP contribution in [0.25, 0.3) is 5.69 Å². The van der Waals surface area contributed by atoms with Crippen molar-refractivity contribution in [2.24, 2.45) is 5.41 Å². The number of carbonyl (C=O) groups excluding carboxylic acids is 2. The highest BCUT2D eigenvalue weighted by molar-refractivity contribution is 6.00. The van der Waals surface area contributed by atoms with Gasteiger partial charge in [-0.2, -0.15) is 0 Å². The fourth-order valence-electron chi connectivity index (χ4n) is 3.64. The average Bonchev–Trinajstić information content (AvgIpc) is 2.88. The second-order valence-electron chi connectivity index (χ2n) is 7.50. The molecule has 1 heterocycles. The van der Waals surface area contributed by atoms with Gasteiger partial charge in [-0.25, -0.2) is 0 Å². The molecule has 1 aromatic carbocycles. The van der Waals surface area contributed by atoms with Crippen molar-refractivity contribution in [1.29, 1.82) is 0 Å². The highest BCUT2D eigenvalue weighted by atomic mass is 16.1. The normalized spacial score (nSPS) is 15.6. The lowest BCUT2D eigenvalue weighted by molar-refractivity contribution is 0.0910. The number of carbonyl (C=O) groups is 2. The Balaban J connectivity index is 2.12. The Bertz CT molecular complexity index is 859. The minimum Gasteiger partial charge on any atom is -0.381 e. The molecule has 0 saturated carbocycles. The van der Waals surface area contributed by atoms with Gasteiger partial charge in [0.1, 0.15) is 0 Å². The summed E-state index contributed by atoms with van der Waals surface area (Å²) in [4.78, 5) is 23.9. The van der Waals surface area contributed by atoms with Gasteiger partial charge in [-0.1, -0.05) is 19.9 Å². The Hall–Kier alpha value is -2.62. The Kier molecular flexibility index (Phi) is 4.38. The SMILES string of the molecule is C=CCNc1cc(-n2cc(C)c3c2CC(C)(C)CC3=O)ccc1C=O. The number of ketones is 1. The summed E-state index contributed by atoms with van der Waals surface area (Å²) in [6, 6.07) is 5.69. The van der Waals surface area contributed by atoms with Gasteiger partial charge in [0.05, 0.1) is 0 Å². The van der Waals surface area contributed by atoms with Crippen LogP contribution in [0, 0.1) is 12.3 Å². The molecule has 0 atom stereocenters. The molecule has 1 aliphatic carbocycles. The summed E-state index contributed by atoms with van der Waals surface area (Å²) < 4.78 is 2.09. The zero-order valence-electron chi connectivity index (χ0n) is 15.1. The monoisotopic (exact) mass is 336 g/mol. The largest absolute Gasteiger partial charge is 0.381 e. The standard InChI is InChI=1S/C21H24N2O2/c1-5-8-22-17-9-16(7-6-15(17)13-24)23-12-14(2)20-18(23)10-21(3,4)11-19(20)25/h5-7,9,12-13,22H,1,8,10-11H2,2-4H3. The lowest BCUT2D eigenvalue weighted by Crippen LogP contribution is -2.28. The van der Waals surface area contributed by atoms with Crippen molar-refractivity contribution in [1.82, 2.24) is 4.57 Å². The van der Waals surface area contributed by atoms with Crippen molar-refractivity contribution in [2.45, 2.75) is 33.6 Å². The van der Waals surface area contributed by atoms with E-state index in [4.69, 9.17) is 0 Å². The molecule has 0 bridgehead atoms. The quantitative estimate of drug-likeness (QED) is 0.652. The van der Waals surface area contributed by atoms with Crippen LogP contribution in [0.2, 0.25) is 0 Å². The lowest BCUT2D eigenvalue weighted by atomic mass is 9.75. The first kappa shape index (κ1) is 17.2. The van der Waals surface area contributed by atoms with Crippen LogP contribution in [0.15, 0.2) is 37.1 Å². The smallest absolute Gasteiger partial charge is 0.165 e. The third-order valence-corrected chi connectivity index (χ3v) is 4.74. The third kappa shape index (κ3) is 3.16. The molecule has 0 unspecified atom stereocenters. The number of anilines is 1. The van der Waals surface area contributed by atoms with Crippen molar-refractivity contribution in [3.8, 4) is 5.69 Å². The molecule has 0 fully saturated rings. The molecular weight excluding hydrogens is 312 g/mol. The molecule has 0 radical (unpaired) electrons. The summed E-state index contributed by atoms with van der Waals surface area (Å²) in [6.45, 7) is 10.5. The number of nitrogens with zero attached hydrogens (tertiary/aromatic N) is 1. The summed E-state index contributed by atoms with van der Waals surface area (Å²) in [5.41, 5.74) is 5.22. The first-order valence-corrected chi connectivity index (χ1v) is 8.54. The summed E-state index contributed by atoms with van der Waals surface area (Å²) >= 11 is 0. The zero-order valence-corrected chi connectivity index (χ0v) is 15.1. The molecule has 0 aliphatic heterocycles. The second-order valence-corrected chi connectivity index (χ2v) is 7.50. The Morgan fingerprint density at radius 3 is 2.76 bits per heavy atom. The molecule has 1 aromatic heterocycles. The van der Waals surface area contributed by atoms with E-state index < -0.39 is 0 Å². The fraction of sp³-hybridized carbons (Fsp3) is 0.333. The maximum absolute atomic E-state index is 12.6. The Morgan fingerprint density at radius 2 is 2.08 bits per heavy atom. The molecule has 1 N–H and O–H groups in total. The molecule has 0 amide bonds. The first-order chi connectivity index (χ1) is 11.9. The number of aryl methyl sites for hydroxylation is 1. The minimum atomic E-state index is -0.0424. The van der Waals surface area contributed by atoms with Crippen molar-refractivity contribution >= 4 is 17.8 Å². The van der Waals surface area contributed by atoms with E-state index in [2.05, 4.69) is 30.3 Å². The van der Waals surface area contributed by atoms with Gasteiger partial charge >= 0.3 is 0 Å². The number of hydrogen-bond donors (Lipinski definition) is 1. The molecule has 2 aromatic rings. The highest BCUT2D eigenvalue weighted by Crippen LogP contribution is 2.38. The van der Waals surface area contributed by atoms with E-state index in [1.54, 1.807) is 6.08 Å². The number of aromatic nitrogens is 1. The van der Waals surface area contributed by atoms with Crippen LogP contribution in [-0.2, 0) is 6.42 Å². The van der Waals surface area contributed by atoms with Gasteiger partial charge in [0.15, 0.2) is 12.1 Å². The zero-order chi connectivity index (χ0) is 18.2. The predicted octanol–water partition coefficient (Wildman–Crippen LogP) is 4.35. The van der Waals surface area contributed by atoms with Crippen LogP contribution < -0.4 is 5.32 Å². The van der Waals surface area contributed by atoms with Crippen molar-refractivity contribution in [3.63, 3.8) is 0 Å². The maximum Gasteiger partial charge on any atom is 0.165 e. The van der Waals surface area contributed by atoms with Crippen LogP contribution in [0.4, 0.5) is 5.69 Å². The number of hydrogen-bond acceptors (Lipinski definition) is 3. The lowest BCUT2D eigenvalue weighted by Gasteiger charge is -2.30. The summed E-state index contributed by atoms with van der Waals surface area (Å²) in [5, 5.41) is 3.21. The van der Waals surface area contributed by atoms with Gasteiger partial charge in [0.2, 0.25) is 0 Å². The second kappa shape index (κ2) is 6.36. The van der Waals surface area contributed by atoms with Gasteiger partial charge in [-0.3, -0.25) is 9.59 Å². The van der Waals surface area contributed by atoms with E-state index in [1.165, 1.54) is 0 Å². The molecule has 3 rings (SSSR count). The fourth-order valence-corrected chi connectivity index (χ4v) is 3.64. The predicted molar refractivity (Wildman–Crippen MR) is 101 cm³/mol. The number of aldehydes is 1. The maximum atomic E-state index is 12.6. The molecule has 4 heteroatoms. The highest BCUT2D eigenvalue weighted by Gasteiger charge is 2.34. The van der Waals surface area contributed by atoms with Crippen LogP contribution >= 0.6 is 0 Å². The van der Waals surface area contributed by atoms with Gasteiger partial charge in [-0.15, -0.1) is 6.58 Å². The molecule has 25 heavy (non-hydrogen) atoms. The Morgan fingerprint density at radius 1 is 1.32 bits per heavy atom. The summed E-state index contributed by atoms with van der Waals surface area (Å²) in [7, 11) is 0. The van der Waals surface area contributed by atoms with E-state index >= 15 is 0 Å². The van der Waals surface area contributed by atoms with E-state index in [0.717, 1.165) is 40.9 Å². The van der Waals surface area contributed by atoms with Crippen LogP contribution in [0.1, 0.15) is 52.2 Å². The van der Waals surface area contributed by atoms with Crippen molar-refractivity contribution in [2.75, 3.05) is 11.9 Å². The first-order valence-electron chi connectivity index (χ1n) is 8.54. The number of fused-ring (bicyclic) bond motifs is 1. The van der Waals surface area contributed by atoms with Gasteiger partial charge < -0.3 is 9.88 Å². The van der Waals surface area contributed by atoms with Gasteiger partial charge in [0, 0.05) is 47.4 Å². The molecule has 1 aliphatic rings. The summed E-state index contributed by atoms with van der Waals surface area (Å²) in [6.07, 6.45) is 6.06. The topological polar surface area (TPSA) is 51.1 Å². The molecule has 0 spiro atoms. The van der Waals surface area contributed by atoms with E-state index in [-0.39, 0.29) is 11.2 Å². The van der Waals surface area contributed by atoms with Gasteiger partial charge in [0.25, 0.3) is 0 Å². The third-order valence-electron chi connectivity index (χ3n) is 4.74.